The topological polar surface area (TPSA) is 45.0 Å². The minimum atomic E-state index is -4.49. The van der Waals surface area contributed by atoms with Crippen molar-refractivity contribution in [2.24, 2.45) is 10.1 Å². The Balaban J connectivity index is 2.11. The summed E-state index contributed by atoms with van der Waals surface area (Å²) in [6, 6.07) is 8.04. The molecule has 1 unspecified atom stereocenters. The molecule has 1 aliphatic rings. The van der Waals surface area contributed by atoms with Crippen molar-refractivity contribution in [1.29, 1.82) is 0 Å². The van der Waals surface area contributed by atoms with Gasteiger partial charge in [0.2, 0.25) is 6.34 Å². The maximum atomic E-state index is 13.3. The summed E-state index contributed by atoms with van der Waals surface area (Å²) in [4.78, 5) is 3.91. The molecule has 25 heavy (non-hydrogen) atoms. The Morgan fingerprint density at radius 3 is 2.28 bits per heavy atom. The number of benzene rings is 2. The third kappa shape index (κ3) is 3.35. The molecule has 130 valence electrons. The van der Waals surface area contributed by atoms with Crippen LogP contribution in [0.1, 0.15) is 11.1 Å². The number of rotatable bonds is 3. The molecule has 0 radical (unpaired) electrons. The van der Waals surface area contributed by atoms with Gasteiger partial charge in [0.15, 0.2) is 17.8 Å². The molecule has 0 aliphatic carbocycles. The van der Waals surface area contributed by atoms with E-state index in [0.29, 0.717) is 5.69 Å². The zero-order valence-corrected chi connectivity index (χ0v) is 14.0. The van der Waals surface area contributed by atoms with E-state index in [1.165, 1.54) is 43.0 Å². The van der Waals surface area contributed by atoms with Crippen LogP contribution in [0.2, 0.25) is 10.0 Å². The number of phenols is 1. The summed E-state index contributed by atoms with van der Waals surface area (Å²) in [6.45, 7) is -0.146. The Bertz CT molecular complexity index is 846. The van der Waals surface area contributed by atoms with E-state index in [2.05, 4.69) is 10.1 Å². The van der Waals surface area contributed by atoms with Crippen LogP contribution in [0.4, 0.5) is 18.9 Å². The molecule has 0 saturated heterocycles. The quantitative estimate of drug-likeness (QED) is 0.720. The molecular weight excluding hydrogens is 378 g/mol. The van der Waals surface area contributed by atoms with Gasteiger partial charge in [-0.15, -0.1) is 4.59 Å². The maximum absolute atomic E-state index is 13.3. The summed E-state index contributed by atoms with van der Waals surface area (Å²) >= 11 is 11.9. The fourth-order valence-electron chi connectivity index (χ4n) is 2.57. The largest absolute Gasteiger partial charge is 0.505 e. The van der Waals surface area contributed by atoms with Crippen LogP contribution in [0.15, 0.2) is 46.5 Å². The molecule has 0 fully saturated rings. The molecular formula is C16H11Cl2F3N3O+. The van der Waals surface area contributed by atoms with Gasteiger partial charge in [0.1, 0.15) is 6.54 Å². The average molecular weight is 389 g/mol. The Kier molecular flexibility index (Phi) is 4.49. The molecule has 3 rings (SSSR count). The van der Waals surface area contributed by atoms with Crippen LogP contribution in [0.3, 0.4) is 0 Å². The van der Waals surface area contributed by atoms with Crippen molar-refractivity contribution >= 4 is 41.6 Å². The molecule has 9 heteroatoms. The summed E-state index contributed by atoms with van der Waals surface area (Å²) in [6.07, 6.45) is -1.87. The van der Waals surface area contributed by atoms with Crippen molar-refractivity contribution in [1.82, 2.24) is 4.59 Å². The highest BCUT2D eigenvalue weighted by molar-refractivity contribution is 6.37. The number of phenolic OH excluding ortho intramolecular Hbond substituents is 1. The van der Waals surface area contributed by atoms with E-state index in [0.717, 1.165) is 6.07 Å². The van der Waals surface area contributed by atoms with Crippen molar-refractivity contribution in [3.8, 4) is 5.75 Å². The van der Waals surface area contributed by atoms with Gasteiger partial charge in [-0.25, -0.2) is 0 Å². The number of hydrogen-bond acceptors (Lipinski definition) is 3. The second-order valence-corrected chi connectivity index (χ2v) is 6.21. The Morgan fingerprint density at radius 2 is 1.72 bits per heavy atom. The number of quaternary nitrogens is 1. The van der Waals surface area contributed by atoms with Crippen LogP contribution in [0.5, 0.6) is 5.75 Å². The van der Waals surface area contributed by atoms with Crippen LogP contribution in [0, 0.1) is 0 Å². The molecule has 2 aromatic carbocycles. The van der Waals surface area contributed by atoms with Gasteiger partial charge in [-0.1, -0.05) is 46.5 Å². The fourth-order valence-corrected chi connectivity index (χ4v) is 3.04. The van der Waals surface area contributed by atoms with Crippen LogP contribution in [0.25, 0.3) is 0 Å². The number of aliphatic imine (C=N–C) groups is 1. The molecule has 1 heterocycles. The first-order valence-corrected chi connectivity index (χ1v) is 7.78. The van der Waals surface area contributed by atoms with E-state index in [-0.39, 0.29) is 32.5 Å². The highest BCUT2D eigenvalue weighted by atomic mass is 35.5. The minimum Gasteiger partial charge on any atom is -0.505 e. The van der Waals surface area contributed by atoms with E-state index >= 15 is 0 Å². The molecule has 1 atom stereocenters. The third-order valence-electron chi connectivity index (χ3n) is 3.76. The number of alkyl halides is 3. The van der Waals surface area contributed by atoms with Gasteiger partial charge in [-0.2, -0.15) is 18.2 Å². The average Bonchev–Trinajstić information content (AvgIpc) is 3.01. The van der Waals surface area contributed by atoms with Crippen molar-refractivity contribution in [2.45, 2.75) is 12.7 Å². The summed E-state index contributed by atoms with van der Waals surface area (Å²) in [5.41, 5.74) is -0.331. The lowest BCUT2D eigenvalue weighted by molar-refractivity contribution is -0.138. The van der Waals surface area contributed by atoms with E-state index in [1.54, 1.807) is 0 Å². The molecule has 0 amide bonds. The summed E-state index contributed by atoms with van der Waals surface area (Å²) < 4.78 is 39.4. The lowest BCUT2D eigenvalue weighted by Gasteiger charge is -2.26. The van der Waals surface area contributed by atoms with Crippen LogP contribution in [-0.2, 0) is 12.7 Å². The number of halogens is 5. The standard InChI is InChI=1S/C16H10Cl2F3N3O/c17-13-5-11(6-14(18)15(13)25)24(9-22-8-23-24)7-10-3-1-2-4-12(10)16(19,20)21/h1-6,8-9H,7H2/p+1. The first-order valence-electron chi connectivity index (χ1n) is 7.03. The Labute approximate surface area is 151 Å². The molecule has 0 aromatic heterocycles. The van der Waals surface area contributed by atoms with Crippen LogP contribution >= 0.6 is 23.2 Å². The molecule has 0 bridgehead atoms. The maximum Gasteiger partial charge on any atom is 0.416 e. The SMILES string of the molecule is Oc1c(Cl)cc([N+]2(Cc3ccccc3C(F)(F)F)C=NC=N2)cc1Cl. The molecule has 4 nitrogen and oxygen atoms in total. The molecule has 1 aliphatic heterocycles. The highest BCUT2D eigenvalue weighted by Crippen LogP contribution is 2.40. The summed E-state index contributed by atoms with van der Waals surface area (Å²) in [5.74, 6) is -0.305. The third-order valence-corrected chi connectivity index (χ3v) is 4.34. The van der Waals surface area contributed by atoms with E-state index in [4.69, 9.17) is 23.2 Å². The van der Waals surface area contributed by atoms with Gasteiger partial charge >= 0.3 is 6.18 Å². The van der Waals surface area contributed by atoms with Crippen molar-refractivity contribution in [2.75, 3.05) is 0 Å². The lowest BCUT2D eigenvalue weighted by atomic mass is 10.1. The molecule has 0 saturated carbocycles. The summed E-state index contributed by atoms with van der Waals surface area (Å²) in [7, 11) is 0. The van der Waals surface area contributed by atoms with Gasteiger partial charge in [0.05, 0.1) is 15.6 Å². The number of hydrogen-bond donors (Lipinski definition) is 1. The normalized spacial score (nSPS) is 19.6. The van der Waals surface area contributed by atoms with Gasteiger partial charge in [0, 0.05) is 17.7 Å². The van der Waals surface area contributed by atoms with Crippen molar-refractivity contribution < 1.29 is 18.3 Å². The first-order chi connectivity index (χ1) is 11.7. The van der Waals surface area contributed by atoms with E-state index in [1.807, 2.05) is 0 Å². The highest BCUT2D eigenvalue weighted by Gasteiger charge is 2.39. The first kappa shape index (κ1) is 17.7. The smallest absolute Gasteiger partial charge is 0.416 e. The van der Waals surface area contributed by atoms with Crippen LogP contribution < -0.4 is 4.59 Å². The van der Waals surface area contributed by atoms with E-state index < -0.39 is 11.7 Å². The van der Waals surface area contributed by atoms with Gasteiger partial charge in [-0.05, 0) is 6.07 Å². The van der Waals surface area contributed by atoms with Crippen molar-refractivity contribution in [3.05, 3.63) is 57.6 Å². The van der Waals surface area contributed by atoms with Gasteiger partial charge < -0.3 is 5.11 Å². The van der Waals surface area contributed by atoms with Crippen molar-refractivity contribution in [3.63, 3.8) is 0 Å². The zero-order valence-electron chi connectivity index (χ0n) is 12.5. The minimum absolute atomic E-state index is 0.0281. The van der Waals surface area contributed by atoms with Gasteiger partial charge in [-0.3, -0.25) is 0 Å². The predicted molar refractivity (Wildman–Crippen MR) is 92.1 cm³/mol. The Hall–Kier alpha value is -2.09. The second-order valence-electron chi connectivity index (χ2n) is 5.39. The molecule has 2 aromatic rings. The number of nitrogens with zero attached hydrogens (tertiary/aromatic N) is 3. The lowest BCUT2D eigenvalue weighted by Crippen LogP contribution is -2.40. The second kappa shape index (κ2) is 6.33. The predicted octanol–water partition coefficient (Wildman–Crippen LogP) is 5.21. The van der Waals surface area contributed by atoms with E-state index in [9.17, 15) is 18.3 Å². The fraction of sp³-hybridized carbons (Fsp3) is 0.125. The van der Waals surface area contributed by atoms with Gasteiger partial charge in [0.25, 0.3) is 0 Å². The molecule has 0 spiro atoms. The van der Waals surface area contributed by atoms with Crippen LogP contribution in [-0.4, -0.2) is 17.8 Å². The summed E-state index contributed by atoms with van der Waals surface area (Å²) in [5, 5.41) is 13.8. The number of aromatic hydroxyl groups is 1. The molecule has 1 N–H and O–H groups in total. The zero-order chi connectivity index (χ0) is 18.2. The monoisotopic (exact) mass is 388 g/mol. The Morgan fingerprint density at radius 1 is 1.08 bits per heavy atom.